The van der Waals surface area contributed by atoms with Gasteiger partial charge in [-0.1, -0.05) is 19.3 Å². The number of piperidine rings is 1. The zero-order chi connectivity index (χ0) is 9.97. The van der Waals surface area contributed by atoms with Crippen molar-refractivity contribution in [1.82, 2.24) is 4.90 Å². The zero-order valence-corrected chi connectivity index (χ0v) is 8.73. The topological polar surface area (TPSA) is 43.7 Å². The molecular formula is C11H21NO2. The normalized spacial score (nSPS) is 37.3. The Bertz CT molecular complexity index is 170. The summed E-state index contributed by atoms with van der Waals surface area (Å²) in [6, 6.07) is 0.619. The fourth-order valence-electron chi connectivity index (χ4n) is 2.82. The van der Waals surface area contributed by atoms with Crippen LogP contribution in [0.15, 0.2) is 0 Å². The van der Waals surface area contributed by atoms with Crippen molar-refractivity contribution in [1.29, 1.82) is 0 Å². The van der Waals surface area contributed by atoms with Crippen LogP contribution in [0.5, 0.6) is 0 Å². The molecule has 0 aromatic rings. The first-order valence-electron chi connectivity index (χ1n) is 5.86. The average Bonchev–Trinajstić information content (AvgIpc) is 2.18. The van der Waals surface area contributed by atoms with E-state index in [9.17, 15) is 10.2 Å². The average molecular weight is 199 g/mol. The van der Waals surface area contributed by atoms with E-state index >= 15 is 0 Å². The predicted molar refractivity (Wildman–Crippen MR) is 55.1 cm³/mol. The van der Waals surface area contributed by atoms with Crippen LogP contribution < -0.4 is 0 Å². The molecule has 3 heteroatoms. The Morgan fingerprint density at radius 2 is 1.43 bits per heavy atom. The lowest BCUT2D eigenvalue weighted by atomic mass is 9.92. The molecule has 3 nitrogen and oxygen atoms in total. The first kappa shape index (κ1) is 10.4. The second-order valence-electron chi connectivity index (χ2n) is 4.79. The van der Waals surface area contributed by atoms with Crippen molar-refractivity contribution in [3.05, 3.63) is 0 Å². The number of aliphatic hydroxyl groups excluding tert-OH is 2. The number of rotatable bonds is 1. The number of aliphatic hydroxyl groups is 2. The largest absolute Gasteiger partial charge is 0.392 e. The summed E-state index contributed by atoms with van der Waals surface area (Å²) in [5.41, 5.74) is 0. The van der Waals surface area contributed by atoms with Gasteiger partial charge in [0.25, 0.3) is 0 Å². The van der Waals surface area contributed by atoms with Gasteiger partial charge < -0.3 is 10.2 Å². The third-order valence-corrected chi connectivity index (χ3v) is 3.53. The lowest BCUT2D eigenvalue weighted by molar-refractivity contribution is -0.0303. The first-order chi connectivity index (χ1) is 6.75. The molecule has 0 aromatic carbocycles. The van der Waals surface area contributed by atoms with Crippen molar-refractivity contribution in [3.8, 4) is 0 Å². The van der Waals surface area contributed by atoms with E-state index in [0.717, 1.165) is 13.1 Å². The van der Waals surface area contributed by atoms with Gasteiger partial charge in [-0.2, -0.15) is 0 Å². The number of likely N-dealkylation sites (tertiary alicyclic amines) is 1. The quantitative estimate of drug-likeness (QED) is 0.655. The summed E-state index contributed by atoms with van der Waals surface area (Å²) in [6.07, 6.45) is 6.40. The van der Waals surface area contributed by atoms with Crippen LogP contribution in [0.25, 0.3) is 0 Å². The highest BCUT2D eigenvalue weighted by molar-refractivity contribution is 4.84. The monoisotopic (exact) mass is 199 g/mol. The zero-order valence-electron chi connectivity index (χ0n) is 8.73. The third-order valence-electron chi connectivity index (χ3n) is 3.53. The van der Waals surface area contributed by atoms with Crippen molar-refractivity contribution in [2.45, 2.75) is 56.8 Å². The number of nitrogens with zero attached hydrogens (tertiary/aromatic N) is 1. The van der Waals surface area contributed by atoms with Gasteiger partial charge in [-0.3, -0.25) is 4.90 Å². The molecule has 2 atom stereocenters. The second-order valence-corrected chi connectivity index (χ2v) is 4.79. The van der Waals surface area contributed by atoms with Crippen LogP contribution in [-0.4, -0.2) is 46.5 Å². The molecule has 0 radical (unpaired) electrons. The fraction of sp³-hybridized carbons (Fsp3) is 1.00. The lowest BCUT2D eigenvalue weighted by Gasteiger charge is -2.40. The Balaban J connectivity index is 1.88. The van der Waals surface area contributed by atoms with Gasteiger partial charge in [0, 0.05) is 25.6 Å². The van der Waals surface area contributed by atoms with Crippen LogP contribution in [-0.2, 0) is 0 Å². The van der Waals surface area contributed by atoms with Crippen molar-refractivity contribution >= 4 is 0 Å². The molecular weight excluding hydrogens is 178 g/mol. The molecule has 2 N–H and O–H groups in total. The predicted octanol–water partition coefficient (Wildman–Crippen LogP) is 0.747. The Kier molecular flexibility index (Phi) is 3.42. The molecule has 1 aliphatic carbocycles. The van der Waals surface area contributed by atoms with Crippen molar-refractivity contribution in [3.63, 3.8) is 0 Å². The van der Waals surface area contributed by atoms with Gasteiger partial charge in [0.15, 0.2) is 0 Å². The summed E-state index contributed by atoms with van der Waals surface area (Å²) in [5, 5.41) is 19.2. The van der Waals surface area contributed by atoms with E-state index in [0.29, 0.717) is 12.5 Å². The highest BCUT2D eigenvalue weighted by atomic mass is 16.3. The van der Waals surface area contributed by atoms with E-state index in [-0.39, 0.29) is 12.2 Å². The number of hydrogen-bond donors (Lipinski definition) is 2. The minimum atomic E-state index is -0.319. The van der Waals surface area contributed by atoms with E-state index in [2.05, 4.69) is 4.90 Å². The molecule has 0 bridgehead atoms. The first-order valence-corrected chi connectivity index (χ1v) is 5.86. The van der Waals surface area contributed by atoms with Gasteiger partial charge in [0.05, 0.1) is 12.2 Å². The van der Waals surface area contributed by atoms with Gasteiger partial charge in [0.2, 0.25) is 0 Å². The standard InChI is InChI=1S/C11H21NO2/c13-10-6-11(14)8-12(7-10)9-4-2-1-3-5-9/h9-11,13-14H,1-8H2. The third kappa shape index (κ3) is 2.47. The van der Waals surface area contributed by atoms with Gasteiger partial charge in [-0.15, -0.1) is 0 Å². The summed E-state index contributed by atoms with van der Waals surface area (Å²) >= 11 is 0. The SMILES string of the molecule is OC1CC(O)CN(C2CCCCC2)C1. The second kappa shape index (κ2) is 4.60. The highest BCUT2D eigenvalue weighted by Crippen LogP contribution is 2.25. The van der Waals surface area contributed by atoms with Crippen molar-refractivity contribution in [2.24, 2.45) is 0 Å². The Morgan fingerprint density at radius 1 is 0.857 bits per heavy atom. The Morgan fingerprint density at radius 3 is 2.00 bits per heavy atom. The van der Waals surface area contributed by atoms with Gasteiger partial charge >= 0.3 is 0 Å². The smallest absolute Gasteiger partial charge is 0.0692 e. The minimum Gasteiger partial charge on any atom is -0.392 e. The maximum atomic E-state index is 9.58. The molecule has 2 rings (SSSR count). The molecule has 0 amide bonds. The number of hydrogen-bond acceptors (Lipinski definition) is 3. The summed E-state index contributed by atoms with van der Waals surface area (Å²) in [5.74, 6) is 0. The van der Waals surface area contributed by atoms with Crippen molar-refractivity contribution in [2.75, 3.05) is 13.1 Å². The molecule has 14 heavy (non-hydrogen) atoms. The molecule has 2 aliphatic rings. The van der Waals surface area contributed by atoms with E-state index in [4.69, 9.17) is 0 Å². The summed E-state index contributed by atoms with van der Waals surface area (Å²) in [4.78, 5) is 2.29. The Labute approximate surface area is 85.7 Å². The number of β-amino-alcohol motifs (C(OH)–C–C–N with tert-alkyl or cyclic N) is 2. The van der Waals surface area contributed by atoms with Crippen LogP contribution >= 0.6 is 0 Å². The fourth-order valence-corrected chi connectivity index (χ4v) is 2.82. The lowest BCUT2D eigenvalue weighted by Crippen LogP contribution is -2.50. The van der Waals surface area contributed by atoms with Crippen LogP contribution in [0.1, 0.15) is 38.5 Å². The minimum absolute atomic E-state index is 0.319. The summed E-state index contributed by atoms with van der Waals surface area (Å²) < 4.78 is 0. The van der Waals surface area contributed by atoms with E-state index in [1.54, 1.807) is 0 Å². The van der Waals surface area contributed by atoms with Gasteiger partial charge in [-0.05, 0) is 12.8 Å². The summed E-state index contributed by atoms with van der Waals surface area (Å²) in [6.45, 7) is 1.53. The maximum Gasteiger partial charge on any atom is 0.0692 e. The van der Waals surface area contributed by atoms with Gasteiger partial charge in [-0.25, -0.2) is 0 Å². The van der Waals surface area contributed by atoms with Crippen LogP contribution in [0, 0.1) is 0 Å². The maximum absolute atomic E-state index is 9.58. The van der Waals surface area contributed by atoms with E-state index < -0.39 is 0 Å². The molecule has 82 valence electrons. The van der Waals surface area contributed by atoms with Crippen LogP contribution in [0.4, 0.5) is 0 Å². The van der Waals surface area contributed by atoms with E-state index in [1.165, 1.54) is 32.1 Å². The van der Waals surface area contributed by atoms with Crippen LogP contribution in [0.3, 0.4) is 0 Å². The molecule has 2 unspecified atom stereocenters. The summed E-state index contributed by atoms with van der Waals surface area (Å²) in [7, 11) is 0. The molecule has 1 saturated heterocycles. The van der Waals surface area contributed by atoms with Crippen molar-refractivity contribution < 1.29 is 10.2 Å². The molecule has 0 aromatic heterocycles. The van der Waals surface area contributed by atoms with Crippen LogP contribution in [0.2, 0.25) is 0 Å². The molecule has 2 fully saturated rings. The highest BCUT2D eigenvalue weighted by Gasteiger charge is 2.29. The molecule has 1 heterocycles. The molecule has 1 aliphatic heterocycles. The van der Waals surface area contributed by atoms with Gasteiger partial charge in [0.1, 0.15) is 0 Å². The Hall–Kier alpha value is -0.120. The van der Waals surface area contributed by atoms with E-state index in [1.807, 2.05) is 0 Å². The molecule has 1 saturated carbocycles. The molecule has 0 spiro atoms.